The molecule has 3 N–H and O–H groups in total. The first kappa shape index (κ1) is 29.0. The van der Waals surface area contributed by atoms with Crippen molar-refractivity contribution in [2.75, 3.05) is 30.6 Å². The lowest BCUT2D eigenvalue weighted by Crippen LogP contribution is -2.30. The van der Waals surface area contributed by atoms with E-state index in [0.717, 1.165) is 10.6 Å². The number of thioether (sulfide) groups is 1. The van der Waals surface area contributed by atoms with Crippen molar-refractivity contribution in [2.24, 2.45) is 0 Å². The van der Waals surface area contributed by atoms with E-state index in [4.69, 9.17) is 9.47 Å². The molecule has 41 heavy (non-hydrogen) atoms. The lowest BCUT2D eigenvalue weighted by atomic mass is 10.1. The molecule has 0 fully saturated rings. The first-order valence-electron chi connectivity index (χ1n) is 12.6. The highest BCUT2D eigenvalue weighted by molar-refractivity contribution is 8.00. The number of carbonyl (C=O) groups is 3. The Kier molecular flexibility index (Phi) is 10.2. The third-order valence-electron chi connectivity index (χ3n) is 5.81. The maximum atomic E-state index is 13.4. The summed E-state index contributed by atoms with van der Waals surface area (Å²) in [6, 6.07) is 30.1. The largest absolute Gasteiger partial charge is 0.497 e. The Hall–Kier alpha value is -5.02. The number of ether oxygens (including phenoxy) is 2. The molecule has 0 aliphatic carbocycles. The van der Waals surface area contributed by atoms with Crippen LogP contribution in [-0.4, -0.2) is 37.7 Å². The van der Waals surface area contributed by atoms with Gasteiger partial charge in [0.25, 0.3) is 11.8 Å². The quantitative estimate of drug-likeness (QED) is 0.155. The van der Waals surface area contributed by atoms with Gasteiger partial charge in [-0.3, -0.25) is 14.4 Å². The summed E-state index contributed by atoms with van der Waals surface area (Å²) >= 11 is 1.38. The summed E-state index contributed by atoms with van der Waals surface area (Å²) in [6.07, 6.45) is 1.55. The Morgan fingerprint density at radius 3 is 2.07 bits per heavy atom. The number of anilines is 2. The van der Waals surface area contributed by atoms with Gasteiger partial charge in [-0.2, -0.15) is 0 Å². The zero-order valence-electron chi connectivity index (χ0n) is 22.5. The van der Waals surface area contributed by atoms with E-state index < -0.39 is 11.8 Å². The van der Waals surface area contributed by atoms with Crippen molar-refractivity contribution in [3.05, 3.63) is 120 Å². The average Bonchev–Trinajstić information content (AvgIpc) is 3.01. The monoisotopic (exact) mass is 567 g/mol. The molecule has 4 rings (SSSR count). The minimum Gasteiger partial charge on any atom is -0.497 e. The SMILES string of the molecule is COc1ccc(/C=C(\NC(=O)c2ccccc2)C(=O)Nc2ccc(SCC(=O)Nc3ccccc3)cc2)c(OC)c1. The number of carbonyl (C=O) groups excluding carboxylic acids is 3. The molecule has 0 saturated heterocycles. The number of hydrogen-bond acceptors (Lipinski definition) is 6. The fourth-order valence-electron chi connectivity index (χ4n) is 3.74. The van der Waals surface area contributed by atoms with E-state index in [9.17, 15) is 14.4 Å². The van der Waals surface area contributed by atoms with Crippen LogP contribution in [0.4, 0.5) is 11.4 Å². The maximum absolute atomic E-state index is 13.4. The van der Waals surface area contributed by atoms with Crippen LogP contribution in [0.25, 0.3) is 6.08 Å². The Morgan fingerprint density at radius 2 is 1.41 bits per heavy atom. The van der Waals surface area contributed by atoms with Crippen LogP contribution >= 0.6 is 11.8 Å². The van der Waals surface area contributed by atoms with Crippen molar-refractivity contribution in [1.29, 1.82) is 0 Å². The predicted molar refractivity (Wildman–Crippen MR) is 162 cm³/mol. The number of nitrogens with one attached hydrogen (secondary N) is 3. The highest BCUT2D eigenvalue weighted by atomic mass is 32.2. The van der Waals surface area contributed by atoms with E-state index in [2.05, 4.69) is 16.0 Å². The van der Waals surface area contributed by atoms with Crippen LogP contribution in [0.1, 0.15) is 15.9 Å². The molecule has 208 valence electrons. The molecule has 0 radical (unpaired) electrons. The van der Waals surface area contributed by atoms with E-state index in [1.807, 2.05) is 42.5 Å². The third kappa shape index (κ3) is 8.48. The molecule has 0 saturated carbocycles. The number of methoxy groups -OCH3 is 2. The van der Waals surface area contributed by atoms with E-state index >= 15 is 0 Å². The second-order valence-electron chi connectivity index (χ2n) is 8.67. The molecule has 4 aromatic carbocycles. The molecule has 0 bridgehead atoms. The molecule has 0 heterocycles. The van der Waals surface area contributed by atoms with Gasteiger partial charge in [-0.1, -0.05) is 36.4 Å². The number of para-hydroxylation sites is 1. The van der Waals surface area contributed by atoms with Crippen LogP contribution in [-0.2, 0) is 9.59 Å². The molecular formula is C32H29N3O5S. The van der Waals surface area contributed by atoms with Gasteiger partial charge >= 0.3 is 0 Å². The van der Waals surface area contributed by atoms with Crippen LogP contribution in [0.15, 0.2) is 114 Å². The van der Waals surface area contributed by atoms with Crippen molar-refractivity contribution in [1.82, 2.24) is 5.32 Å². The van der Waals surface area contributed by atoms with Crippen molar-refractivity contribution in [3.63, 3.8) is 0 Å². The van der Waals surface area contributed by atoms with Gasteiger partial charge < -0.3 is 25.4 Å². The molecule has 8 nitrogen and oxygen atoms in total. The highest BCUT2D eigenvalue weighted by Crippen LogP contribution is 2.27. The van der Waals surface area contributed by atoms with Gasteiger partial charge in [0.1, 0.15) is 17.2 Å². The normalized spacial score (nSPS) is 10.8. The minimum absolute atomic E-state index is 0.0263. The van der Waals surface area contributed by atoms with E-state index in [0.29, 0.717) is 28.3 Å². The number of amides is 3. The lowest BCUT2D eigenvalue weighted by Gasteiger charge is -2.13. The van der Waals surface area contributed by atoms with Crippen LogP contribution in [0.2, 0.25) is 0 Å². The van der Waals surface area contributed by atoms with Gasteiger partial charge in [0, 0.05) is 33.5 Å². The van der Waals surface area contributed by atoms with Gasteiger partial charge in [-0.15, -0.1) is 11.8 Å². The molecule has 0 unspecified atom stereocenters. The molecule has 0 aliphatic rings. The summed E-state index contributed by atoms with van der Waals surface area (Å²) in [4.78, 5) is 39.4. The van der Waals surface area contributed by atoms with Crippen LogP contribution in [0.3, 0.4) is 0 Å². The summed E-state index contributed by atoms with van der Waals surface area (Å²) in [5.74, 6) is 0.240. The van der Waals surface area contributed by atoms with Gasteiger partial charge in [0.2, 0.25) is 5.91 Å². The van der Waals surface area contributed by atoms with Gasteiger partial charge in [0.15, 0.2) is 0 Å². The number of benzene rings is 4. The molecule has 0 spiro atoms. The smallest absolute Gasteiger partial charge is 0.272 e. The van der Waals surface area contributed by atoms with Crippen LogP contribution in [0, 0.1) is 0 Å². The first-order valence-corrected chi connectivity index (χ1v) is 13.6. The van der Waals surface area contributed by atoms with Crippen molar-refractivity contribution in [2.45, 2.75) is 4.90 Å². The van der Waals surface area contributed by atoms with E-state index in [1.165, 1.54) is 18.9 Å². The van der Waals surface area contributed by atoms with E-state index in [1.54, 1.807) is 73.8 Å². The molecule has 4 aromatic rings. The zero-order valence-corrected chi connectivity index (χ0v) is 23.4. The number of hydrogen-bond donors (Lipinski definition) is 3. The molecular weight excluding hydrogens is 538 g/mol. The summed E-state index contributed by atoms with van der Waals surface area (Å²) in [5, 5.41) is 8.40. The average molecular weight is 568 g/mol. The van der Waals surface area contributed by atoms with Gasteiger partial charge in [-0.05, 0) is 66.7 Å². The maximum Gasteiger partial charge on any atom is 0.272 e. The Morgan fingerprint density at radius 1 is 0.756 bits per heavy atom. The summed E-state index contributed by atoms with van der Waals surface area (Å²) < 4.78 is 10.7. The molecule has 0 aromatic heterocycles. The van der Waals surface area contributed by atoms with Crippen molar-refractivity contribution >= 4 is 46.9 Å². The van der Waals surface area contributed by atoms with Crippen molar-refractivity contribution < 1.29 is 23.9 Å². The fourth-order valence-corrected chi connectivity index (χ4v) is 4.43. The molecule has 9 heteroatoms. The molecule has 0 atom stereocenters. The standard InChI is InChI=1S/C32H29N3O5S/c1-39-26-16-13-23(29(20-26)40-2)19-28(35-31(37)22-9-5-3-6-10-22)32(38)34-25-14-17-27(18-15-25)41-21-30(36)33-24-11-7-4-8-12-24/h3-20H,21H2,1-2H3,(H,33,36)(H,34,38)(H,35,37)/b28-19-. The van der Waals surface area contributed by atoms with Crippen LogP contribution in [0.5, 0.6) is 11.5 Å². The summed E-state index contributed by atoms with van der Waals surface area (Å²) in [5.41, 5.74) is 2.28. The van der Waals surface area contributed by atoms with Crippen molar-refractivity contribution in [3.8, 4) is 11.5 Å². The molecule has 3 amide bonds. The topological polar surface area (TPSA) is 106 Å². The fraction of sp³-hybridized carbons (Fsp3) is 0.0938. The second kappa shape index (κ2) is 14.4. The summed E-state index contributed by atoms with van der Waals surface area (Å²) in [6.45, 7) is 0. The van der Waals surface area contributed by atoms with Crippen LogP contribution < -0.4 is 25.4 Å². The predicted octanol–water partition coefficient (Wildman–Crippen LogP) is 5.84. The second-order valence-corrected chi connectivity index (χ2v) is 9.72. The first-order chi connectivity index (χ1) is 19.9. The lowest BCUT2D eigenvalue weighted by molar-refractivity contribution is -0.114. The van der Waals surface area contributed by atoms with E-state index in [-0.39, 0.29) is 17.4 Å². The third-order valence-corrected chi connectivity index (χ3v) is 6.82. The Balaban J connectivity index is 1.47. The Bertz CT molecular complexity index is 1520. The summed E-state index contributed by atoms with van der Waals surface area (Å²) in [7, 11) is 3.06. The molecule has 0 aliphatic heterocycles. The number of rotatable bonds is 11. The highest BCUT2D eigenvalue weighted by Gasteiger charge is 2.16. The Labute approximate surface area is 242 Å². The zero-order chi connectivity index (χ0) is 29.0. The minimum atomic E-state index is -0.519. The van der Waals surface area contributed by atoms with Gasteiger partial charge in [-0.25, -0.2) is 0 Å². The van der Waals surface area contributed by atoms with Gasteiger partial charge in [0.05, 0.1) is 20.0 Å².